The van der Waals surface area contributed by atoms with Crippen molar-refractivity contribution in [3.63, 3.8) is 0 Å². The number of nitrogens with zero attached hydrogens (tertiary/aromatic N) is 1. The zero-order valence-corrected chi connectivity index (χ0v) is 13.1. The van der Waals surface area contributed by atoms with E-state index < -0.39 is 0 Å². The summed E-state index contributed by atoms with van der Waals surface area (Å²) in [5.74, 6) is 0. The predicted octanol–water partition coefficient (Wildman–Crippen LogP) is 4.91. The number of aromatic nitrogens is 1. The lowest BCUT2D eigenvalue weighted by molar-refractivity contribution is 0.497. The summed E-state index contributed by atoms with van der Waals surface area (Å²) in [7, 11) is 0. The lowest BCUT2D eigenvalue weighted by atomic mass is 10.2. The monoisotopic (exact) mass is 290 g/mol. The van der Waals surface area contributed by atoms with Gasteiger partial charge in [-0.15, -0.1) is 0 Å². The highest BCUT2D eigenvalue weighted by Gasteiger charge is 2.16. The molecule has 1 aromatic carbocycles. The van der Waals surface area contributed by atoms with E-state index in [0.717, 1.165) is 11.6 Å². The van der Waals surface area contributed by atoms with Gasteiger partial charge in [-0.25, -0.2) is 0 Å². The maximum Gasteiger partial charge on any atom is 0.0486 e. The predicted molar refractivity (Wildman–Crippen MR) is 86.4 cm³/mol. The Labute approximate surface area is 126 Å². The fourth-order valence-electron chi connectivity index (χ4n) is 3.39. The summed E-state index contributed by atoms with van der Waals surface area (Å²) in [5, 5.41) is 5.77. The van der Waals surface area contributed by atoms with Crippen LogP contribution >= 0.6 is 11.6 Å². The van der Waals surface area contributed by atoms with Gasteiger partial charge in [-0.3, -0.25) is 0 Å². The maximum atomic E-state index is 6.12. The summed E-state index contributed by atoms with van der Waals surface area (Å²) >= 11 is 6.12. The van der Waals surface area contributed by atoms with Crippen molar-refractivity contribution in [2.24, 2.45) is 0 Å². The smallest absolute Gasteiger partial charge is 0.0486 e. The van der Waals surface area contributed by atoms with Crippen LogP contribution in [0, 0.1) is 0 Å². The number of rotatable bonds is 4. The van der Waals surface area contributed by atoms with Crippen LogP contribution in [0.5, 0.6) is 0 Å². The van der Waals surface area contributed by atoms with E-state index in [-0.39, 0.29) is 0 Å². The molecule has 1 N–H and O–H groups in total. The third kappa shape index (κ3) is 2.72. The van der Waals surface area contributed by atoms with Crippen LogP contribution in [-0.2, 0) is 6.54 Å². The number of nitrogens with one attached hydrogen (secondary N) is 1. The molecule has 0 atom stereocenters. The molecule has 1 aliphatic rings. The second-order valence-corrected chi connectivity index (χ2v) is 6.60. The fourth-order valence-corrected chi connectivity index (χ4v) is 3.57. The summed E-state index contributed by atoms with van der Waals surface area (Å²) in [6, 6.07) is 9.64. The van der Waals surface area contributed by atoms with Crippen LogP contribution in [0.15, 0.2) is 24.3 Å². The van der Waals surface area contributed by atoms with Crippen molar-refractivity contribution in [2.75, 3.05) is 0 Å². The van der Waals surface area contributed by atoms with Gasteiger partial charge in [0.15, 0.2) is 0 Å². The van der Waals surface area contributed by atoms with E-state index >= 15 is 0 Å². The minimum Gasteiger partial charge on any atom is -0.341 e. The lowest BCUT2D eigenvalue weighted by Crippen LogP contribution is -2.26. The SMILES string of the molecule is CC(C)n1c(CNC2CCCC2)cc2cc(Cl)ccc21. The lowest BCUT2D eigenvalue weighted by Gasteiger charge is -2.17. The first kappa shape index (κ1) is 14.0. The van der Waals surface area contributed by atoms with Gasteiger partial charge in [0.25, 0.3) is 0 Å². The Morgan fingerprint density at radius 3 is 2.70 bits per heavy atom. The molecule has 108 valence electrons. The van der Waals surface area contributed by atoms with Gasteiger partial charge in [-0.05, 0) is 51.0 Å². The van der Waals surface area contributed by atoms with E-state index in [1.165, 1.54) is 42.3 Å². The van der Waals surface area contributed by atoms with Crippen molar-refractivity contribution in [2.45, 2.75) is 58.2 Å². The maximum absolute atomic E-state index is 6.12. The quantitative estimate of drug-likeness (QED) is 0.847. The van der Waals surface area contributed by atoms with Crippen molar-refractivity contribution in [3.05, 3.63) is 35.0 Å². The van der Waals surface area contributed by atoms with Gasteiger partial charge in [0.2, 0.25) is 0 Å². The molecule has 0 spiro atoms. The summed E-state index contributed by atoms with van der Waals surface area (Å²) < 4.78 is 2.42. The molecule has 2 nitrogen and oxygen atoms in total. The Hall–Kier alpha value is -0.990. The third-order valence-electron chi connectivity index (χ3n) is 4.32. The molecule has 20 heavy (non-hydrogen) atoms. The van der Waals surface area contributed by atoms with Gasteiger partial charge in [0.05, 0.1) is 0 Å². The molecule has 3 rings (SSSR count). The van der Waals surface area contributed by atoms with Crippen molar-refractivity contribution in [1.82, 2.24) is 9.88 Å². The molecule has 0 bridgehead atoms. The average Bonchev–Trinajstić information content (AvgIpc) is 3.02. The van der Waals surface area contributed by atoms with Crippen molar-refractivity contribution in [1.29, 1.82) is 0 Å². The van der Waals surface area contributed by atoms with E-state index in [1.54, 1.807) is 0 Å². The molecule has 0 unspecified atom stereocenters. The van der Waals surface area contributed by atoms with Crippen LogP contribution in [0.1, 0.15) is 51.3 Å². The molecule has 0 radical (unpaired) electrons. The number of hydrogen-bond acceptors (Lipinski definition) is 1. The second kappa shape index (κ2) is 5.79. The van der Waals surface area contributed by atoms with Crippen LogP contribution in [0.3, 0.4) is 0 Å². The minimum absolute atomic E-state index is 0.467. The number of halogens is 1. The second-order valence-electron chi connectivity index (χ2n) is 6.16. The highest BCUT2D eigenvalue weighted by atomic mass is 35.5. The third-order valence-corrected chi connectivity index (χ3v) is 4.56. The standard InChI is InChI=1S/C17H23ClN2/c1-12(2)20-16(11-19-15-5-3-4-6-15)10-13-9-14(18)7-8-17(13)20/h7-10,12,15,19H,3-6,11H2,1-2H3. The van der Waals surface area contributed by atoms with Gasteiger partial charge >= 0.3 is 0 Å². The zero-order valence-electron chi connectivity index (χ0n) is 12.3. The molecule has 1 heterocycles. The molecule has 1 saturated carbocycles. The number of benzene rings is 1. The molecule has 0 aliphatic heterocycles. The first-order valence-corrected chi connectivity index (χ1v) is 8.05. The van der Waals surface area contributed by atoms with Crippen LogP contribution in [0.25, 0.3) is 10.9 Å². The van der Waals surface area contributed by atoms with Gasteiger partial charge in [0, 0.05) is 40.2 Å². The largest absolute Gasteiger partial charge is 0.341 e. The Morgan fingerprint density at radius 1 is 1.25 bits per heavy atom. The van der Waals surface area contributed by atoms with E-state index in [4.69, 9.17) is 11.6 Å². The normalized spacial score (nSPS) is 16.6. The zero-order chi connectivity index (χ0) is 14.1. The Bertz CT molecular complexity index is 594. The van der Waals surface area contributed by atoms with Gasteiger partial charge in [-0.1, -0.05) is 24.4 Å². The molecule has 0 amide bonds. The molecule has 2 aromatic rings. The molecule has 1 fully saturated rings. The summed E-state index contributed by atoms with van der Waals surface area (Å²) in [6.07, 6.45) is 5.41. The van der Waals surface area contributed by atoms with Gasteiger partial charge in [-0.2, -0.15) is 0 Å². The highest BCUT2D eigenvalue weighted by Crippen LogP contribution is 2.27. The van der Waals surface area contributed by atoms with E-state index in [1.807, 2.05) is 6.07 Å². The average molecular weight is 291 g/mol. The Balaban J connectivity index is 1.89. The highest BCUT2D eigenvalue weighted by molar-refractivity contribution is 6.31. The molecule has 3 heteroatoms. The van der Waals surface area contributed by atoms with Crippen molar-refractivity contribution in [3.8, 4) is 0 Å². The van der Waals surface area contributed by atoms with Crippen LogP contribution < -0.4 is 5.32 Å². The van der Waals surface area contributed by atoms with E-state index in [0.29, 0.717) is 12.1 Å². The molecular weight excluding hydrogens is 268 g/mol. The first-order chi connectivity index (χ1) is 9.65. The van der Waals surface area contributed by atoms with Gasteiger partial charge < -0.3 is 9.88 Å². The topological polar surface area (TPSA) is 17.0 Å². The Kier molecular flexibility index (Phi) is 4.04. The van der Waals surface area contributed by atoms with Gasteiger partial charge in [0.1, 0.15) is 0 Å². The van der Waals surface area contributed by atoms with Crippen LogP contribution in [-0.4, -0.2) is 10.6 Å². The summed E-state index contributed by atoms with van der Waals surface area (Å²) in [5.41, 5.74) is 2.65. The van der Waals surface area contributed by atoms with Crippen molar-refractivity contribution >= 4 is 22.5 Å². The van der Waals surface area contributed by atoms with Crippen LogP contribution in [0.4, 0.5) is 0 Å². The minimum atomic E-state index is 0.467. The molecule has 0 saturated heterocycles. The fraction of sp³-hybridized carbons (Fsp3) is 0.529. The molecule has 1 aliphatic carbocycles. The van der Waals surface area contributed by atoms with Crippen LogP contribution in [0.2, 0.25) is 5.02 Å². The van der Waals surface area contributed by atoms with E-state index in [9.17, 15) is 0 Å². The number of hydrogen-bond donors (Lipinski definition) is 1. The summed E-state index contributed by atoms with van der Waals surface area (Å²) in [4.78, 5) is 0. The molecule has 1 aromatic heterocycles. The Morgan fingerprint density at radius 2 is 2.00 bits per heavy atom. The number of fused-ring (bicyclic) bond motifs is 1. The van der Waals surface area contributed by atoms with E-state index in [2.05, 4.69) is 41.9 Å². The van der Waals surface area contributed by atoms with Crippen molar-refractivity contribution < 1.29 is 0 Å². The molecular formula is C17H23ClN2. The summed E-state index contributed by atoms with van der Waals surface area (Å²) in [6.45, 7) is 5.44. The first-order valence-electron chi connectivity index (χ1n) is 7.68.